The second kappa shape index (κ2) is 10.1. The monoisotopic (exact) mass is 495 g/mol. The maximum atomic E-state index is 13.3. The Kier molecular flexibility index (Phi) is 6.53. The van der Waals surface area contributed by atoms with Gasteiger partial charge >= 0.3 is 0 Å². The number of anilines is 1. The highest BCUT2D eigenvalue weighted by Crippen LogP contribution is 2.27. The maximum Gasteiger partial charge on any atom is 0.297 e. The number of hydrogen-bond acceptors (Lipinski definition) is 6. The van der Waals surface area contributed by atoms with Crippen molar-refractivity contribution in [2.24, 2.45) is 4.99 Å². The minimum atomic E-state index is -3.84. The smallest absolute Gasteiger partial charge is 0.266 e. The van der Waals surface area contributed by atoms with Crippen LogP contribution in [-0.4, -0.2) is 25.1 Å². The van der Waals surface area contributed by atoms with Crippen molar-refractivity contribution < 1.29 is 17.4 Å². The standard InChI is InChI=1S/C28H21N3O4S/c32-28-26(30-27(23-8-3-1-4-9-23)31(28)24-10-7-17-29-19-24)18-21-13-15-22(16-14-21)20-35-36(33,34)25-11-5-2-6-12-25/h1-19H,20H2/b26-18-. The lowest BCUT2D eigenvalue weighted by Gasteiger charge is -2.17. The van der Waals surface area contributed by atoms with Gasteiger partial charge in [0.1, 0.15) is 11.5 Å². The number of aliphatic imine (C=N–C) groups is 1. The van der Waals surface area contributed by atoms with Crippen molar-refractivity contribution in [1.82, 2.24) is 4.98 Å². The molecule has 0 bridgehead atoms. The van der Waals surface area contributed by atoms with Crippen LogP contribution < -0.4 is 4.90 Å². The zero-order chi connectivity index (χ0) is 25.0. The summed E-state index contributed by atoms with van der Waals surface area (Å²) in [7, 11) is -3.84. The molecule has 178 valence electrons. The van der Waals surface area contributed by atoms with Crippen LogP contribution in [0.4, 0.5) is 5.69 Å². The molecule has 1 aliphatic rings. The van der Waals surface area contributed by atoms with E-state index in [0.29, 0.717) is 17.1 Å². The minimum absolute atomic E-state index is 0.0991. The van der Waals surface area contributed by atoms with Gasteiger partial charge in [-0.15, -0.1) is 0 Å². The minimum Gasteiger partial charge on any atom is -0.266 e. The van der Waals surface area contributed by atoms with Gasteiger partial charge in [-0.2, -0.15) is 8.42 Å². The molecule has 0 saturated carbocycles. The Labute approximate surface area is 209 Å². The predicted molar refractivity (Wildman–Crippen MR) is 138 cm³/mol. The molecule has 1 aliphatic heterocycles. The molecule has 0 fully saturated rings. The summed E-state index contributed by atoms with van der Waals surface area (Å²) >= 11 is 0. The van der Waals surface area contributed by atoms with Crippen molar-refractivity contribution >= 4 is 33.6 Å². The summed E-state index contributed by atoms with van der Waals surface area (Å²) < 4.78 is 29.9. The summed E-state index contributed by atoms with van der Waals surface area (Å²) in [4.78, 5) is 23.8. The molecule has 7 nitrogen and oxygen atoms in total. The first-order valence-electron chi connectivity index (χ1n) is 11.1. The molecule has 36 heavy (non-hydrogen) atoms. The Morgan fingerprint density at radius 1 is 0.833 bits per heavy atom. The van der Waals surface area contributed by atoms with Gasteiger partial charge in [0.05, 0.1) is 23.4 Å². The van der Waals surface area contributed by atoms with Crippen LogP contribution in [0.15, 0.2) is 125 Å². The van der Waals surface area contributed by atoms with E-state index in [0.717, 1.165) is 11.1 Å². The van der Waals surface area contributed by atoms with Crippen LogP contribution in [0, 0.1) is 0 Å². The molecular formula is C28H21N3O4S. The lowest BCUT2D eigenvalue weighted by Crippen LogP contribution is -2.32. The number of pyridine rings is 1. The van der Waals surface area contributed by atoms with Crippen molar-refractivity contribution in [3.05, 3.63) is 132 Å². The van der Waals surface area contributed by atoms with E-state index in [1.807, 2.05) is 36.4 Å². The van der Waals surface area contributed by atoms with Gasteiger partial charge < -0.3 is 0 Å². The molecule has 0 unspecified atom stereocenters. The molecule has 2 heterocycles. The number of aromatic nitrogens is 1. The number of benzene rings is 3. The third-order valence-corrected chi connectivity index (χ3v) is 6.77. The van der Waals surface area contributed by atoms with Crippen molar-refractivity contribution in [2.75, 3.05) is 4.90 Å². The number of hydrogen-bond donors (Lipinski definition) is 0. The molecule has 0 saturated heterocycles. The van der Waals surface area contributed by atoms with Gasteiger partial charge in [0, 0.05) is 11.8 Å². The van der Waals surface area contributed by atoms with Crippen LogP contribution in [0.2, 0.25) is 0 Å². The highest BCUT2D eigenvalue weighted by Gasteiger charge is 2.32. The van der Waals surface area contributed by atoms with Crippen molar-refractivity contribution in [2.45, 2.75) is 11.5 Å². The van der Waals surface area contributed by atoms with Crippen LogP contribution >= 0.6 is 0 Å². The van der Waals surface area contributed by atoms with Crippen LogP contribution in [0.1, 0.15) is 16.7 Å². The summed E-state index contributed by atoms with van der Waals surface area (Å²) in [5.74, 6) is 0.263. The Bertz CT molecular complexity index is 1540. The number of carbonyl (C=O) groups excluding carboxylic acids is 1. The van der Waals surface area contributed by atoms with Crippen LogP contribution in [0.5, 0.6) is 0 Å². The topological polar surface area (TPSA) is 88.9 Å². The predicted octanol–water partition coefficient (Wildman–Crippen LogP) is 4.82. The van der Waals surface area contributed by atoms with E-state index >= 15 is 0 Å². The Hall–Kier alpha value is -4.40. The highest BCUT2D eigenvalue weighted by atomic mass is 32.2. The lowest BCUT2D eigenvalue weighted by molar-refractivity contribution is -0.113. The average Bonchev–Trinajstić information content (AvgIpc) is 3.25. The summed E-state index contributed by atoms with van der Waals surface area (Å²) in [5, 5.41) is 0. The maximum absolute atomic E-state index is 13.3. The van der Waals surface area contributed by atoms with E-state index in [4.69, 9.17) is 4.18 Å². The number of amidine groups is 1. The second-order valence-corrected chi connectivity index (χ2v) is 9.57. The molecule has 0 radical (unpaired) electrons. The molecule has 8 heteroatoms. The van der Waals surface area contributed by atoms with Gasteiger partial charge in [0.25, 0.3) is 16.0 Å². The van der Waals surface area contributed by atoms with Gasteiger partial charge in [-0.05, 0) is 41.5 Å². The third kappa shape index (κ3) is 5.00. The Morgan fingerprint density at radius 2 is 1.53 bits per heavy atom. The fourth-order valence-corrected chi connectivity index (χ4v) is 4.61. The molecule has 5 rings (SSSR count). The molecule has 0 aliphatic carbocycles. The van der Waals surface area contributed by atoms with E-state index in [1.165, 1.54) is 12.1 Å². The van der Waals surface area contributed by atoms with Gasteiger partial charge in [-0.3, -0.25) is 18.9 Å². The third-order valence-electron chi connectivity index (χ3n) is 5.49. The van der Waals surface area contributed by atoms with Gasteiger partial charge in [-0.25, -0.2) is 4.99 Å². The van der Waals surface area contributed by atoms with Crippen LogP contribution in [0.3, 0.4) is 0 Å². The largest absolute Gasteiger partial charge is 0.297 e. The number of amides is 1. The van der Waals surface area contributed by atoms with Crippen molar-refractivity contribution in [3.8, 4) is 0 Å². The zero-order valence-corrected chi connectivity index (χ0v) is 19.9. The zero-order valence-electron chi connectivity index (χ0n) is 19.1. The fraction of sp³-hybridized carbons (Fsp3) is 0.0357. The summed E-state index contributed by atoms with van der Waals surface area (Å²) in [6.45, 7) is -0.0991. The second-order valence-electron chi connectivity index (χ2n) is 7.95. The molecule has 1 amide bonds. The van der Waals surface area contributed by atoms with E-state index in [-0.39, 0.29) is 23.1 Å². The first-order valence-corrected chi connectivity index (χ1v) is 12.6. The molecule has 3 aromatic carbocycles. The van der Waals surface area contributed by atoms with E-state index in [9.17, 15) is 13.2 Å². The van der Waals surface area contributed by atoms with Gasteiger partial charge in [0.2, 0.25) is 0 Å². The first-order chi connectivity index (χ1) is 17.5. The molecule has 0 spiro atoms. The number of rotatable bonds is 7. The highest BCUT2D eigenvalue weighted by molar-refractivity contribution is 7.86. The van der Waals surface area contributed by atoms with Crippen molar-refractivity contribution in [3.63, 3.8) is 0 Å². The summed E-state index contributed by atoms with van der Waals surface area (Å²) in [6.07, 6.45) is 4.97. The number of carbonyl (C=O) groups is 1. The van der Waals surface area contributed by atoms with Crippen molar-refractivity contribution in [1.29, 1.82) is 0 Å². The normalized spacial score (nSPS) is 14.8. The molecular weight excluding hydrogens is 474 g/mol. The van der Waals surface area contributed by atoms with Gasteiger partial charge in [-0.1, -0.05) is 72.8 Å². The molecule has 0 N–H and O–H groups in total. The average molecular weight is 496 g/mol. The number of nitrogens with zero attached hydrogens (tertiary/aromatic N) is 3. The summed E-state index contributed by atoms with van der Waals surface area (Å²) in [5.41, 5.74) is 3.15. The molecule has 0 atom stereocenters. The Balaban J connectivity index is 1.37. The summed E-state index contributed by atoms with van der Waals surface area (Å²) in [6, 6.07) is 28.2. The van der Waals surface area contributed by atoms with Gasteiger partial charge in [0.15, 0.2) is 0 Å². The first kappa shape index (κ1) is 23.3. The van der Waals surface area contributed by atoms with Crippen LogP contribution in [-0.2, 0) is 25.7 Å². The van der Waals surface area contributed by atoms with E-state index < -0.39 is 10.1 Å². The Morgan fingerprint density at radius 3 is 2.19 bits per heavy atom. The van der Waals surface area contributed by atoms with E-state index in [1.54, 1.807) is 71.9 Å². The van der Waals surface area contributed by atoms with Crippen LogP contribution in [0.25, 0.3) is 6.08 Å². The quantitative estimate of drug-likeness (QED) is 0.271. The lowest BCUT2D eigenvalue weighted by atomic mass is 10.1. The van der Waals surface area contributed by atoms with E-state index in [2.05, 4.69) is 9.98 Å². The SMILES string of the molecule is O=C1/C(=C/c2ccc(COS(=O)(=O)c3ccccc3)cc2)N=C(c2ccccc2)N1c1cccnc1. The fourth-order valence-electron chi connectivity index (χ4n) is 3.69. The molecule has 4 aromatic rings. The molecule has 1 aromatic heterocycles.